The van der Waals surface area contributed by atoms with Gasteiger partial charge in [-0.15, -0.1) is 0 Å². The van der Waals surface area contributed by atoms with Crippen molar-refractivity contribution in [3.8, 4) is 5.75 Å². The number of para-hydroxylation sites is 1. The Bertz CT molecular complexity index is 724. The Morgan fingerprint density at radius 3 is 2.60 bits per heavy atom. The Hall–Kier alpha value is -2.14. The number of ether oxygens (including phenoxy) is 1. The van der Waals surface area contributed by atoms with Crippen molar-refractivity contribution >= 4 is 11.7 Å². The number of hydrogen-bond acceptors (Lipinski definition) is 4. The molecule has 2 aliphatic rings. The summed E-state index contributed by atoms with van der Waals surface area (Å²) < 4.78 is 5.61. The van der Waals surface area contributed by atoms with Crippen LogP contribution < -0.4 is 10.1 Å². The summed E-state index contributed by atoms with van der Waals surface area (Å²) in [6.45, 7) is 0.273. The zero-order valence-electron chi connectivity index (χ0n) is 17.9. The minimum absolute atomic E-state index is 0.184. The lowest BCUT2D eigenvalue weighted by Crippen LogP contribution is -2.24. The molecule has 164 valence electrons. The van der Waals surface area contributed by atoms with Crippen molar-refractivity contribution in [2.45, 2.75) is 89.2 Å². The van der Waals surface area contributed by atoms with E-state index >= 15 is 0 Å². The van der Waals surface area contributed by atoms with E-state index in [2.05, 4.69) is 5.32 Å². The topological polar surface area (TPSA) is 75.6 Å². The van der Waals surface area contributed by atoms with Gasteiger partial charge in [-0.2, -0.15) is 0 Å². The van der Waals surface area contributed by atoms with E-state index in [0.29, 0.717) is 25.3 Å². The second-order valence-corrected chi connectivity index (χ2v) is 8.58. The summed E-state index contributed by atoms with van der Waals surface area (Å²) in [6.07, 6.45) is 10.0. The lowest BCUT2D eigenvalue weighted by Gasteiger charge is -2.13. The summed E-state index contributed by atoms with van der Waals surface area (Å²) >= 11 is 0. The van der Waals surface area contributed by atoms with Crippen LogP contribution in [0.15, 0.2) is 41.5 Å². The second kappa shape index (κ2) is 11.9. The summed E-state index contributed by atoms with van der Waals surface area (Å²) in [5, 5.41) is 13.3. The van der Waals surface area contributed by atoms with E-state index in [4.69, 9.17) is 4.74 Å². The average molecular weight is 414 g/mol. The molecule has 2 N–H and O–H groups in total. The summed E-state index contributed by atoms with van der Waals surface area (Å²) in [5.74, 6) is 1.23. The first kappa shape index (κ1) is 22.5. The van der Waals surface area contributed by atoms with E-state index in [0.717, 1.165) is 69.1 Å². The molecule has 1 unspecified atom stereocenters. The number of aliphatic hydroxyl groups excluding tert-OH is 1. The van der Waals surface area contributed by atoms with Gasteiger partial charge in [-0.05, 0) is 69.1 Å². The molecule has 0 aliphatic heterocycles. The lowest BCUT2D eigenvalue weighted by atomic mass is 9.98. The molecule has 1 atom stereocenters. The summed E-state index contributed by atoms with van der Waals surface area (Å²) in [7, 11) is 0. The standard InChI is InChI=1S/C25H35NO4/c27-21(18-30-22-8-4-3-5-9-22)16-12-19-13-17-24(28)23(19)10-6-1-2-7-11-25(29)26-20-14-15-20/h3-5,8-9,20-21,27H,1-2,6-7,10-18H2,(H,26,29). The molecule has 1 aromatic rings. The van der Waals surface area contributed by atoms with Gasteiger partial charge in [0.05, 0.1) is 6.10 Å². The number of carbonyl (C=O) groups is 2. The second-order valence-electron chi connectivity index (χ2n) is 8.58. The van der Waals surface area contributed by atoms with Crippen LogP contribution in [0.1, 0.15) is 77.0 Å². The highest BCUT2D eigenvalue weighted by molar-refractivity contribution is 5.98. The third-order valence-electron chi connectivity index (χ3n) is 5.91. The van der Waals surface area contributed by atoms with Crippen LogP contribution >= 0.6 is 0 Å². The van der Waals surface area contributed by atoms with Crippen LogP contribution in [0.4, 0.5) is 0 Å². The first-order valence-corrected chi connectivity index (χ1v) is 11.5. The van der Waals surface area contributed by atoms with Crippen molar-refractivity contribution in [3.05, 3.63) is 41.5 Å². The largest absolute Gasteiger partial charge is 0.491 e. The molecular weight excluding hydrogens is 378 g/mol. The van der Waals surface area contributed by atoms with Gasteiger partial charge in [0.25, 0.3) is 0 Å². The maximum absolute atomic E-state index is 12.3. The molecule has 5 heteroatoms. The van der Waals surface area contributed by atoms with E-state index in [1.54, 1.807) is 0 Å². The third-order valence-corrected chi connectivity index (χ3v) is 5.91. The third kappa shape index (κ3) is 7.94. The molecule has 1 saturated carbocycles. The summed E-state index contributed by atoms with van der Waals surface area (Å²) in [5.41, 5.74) is 2.22. The van der Waals surface area contributed by atoms with E-state index < -0.39 is 6.10 Å². The molecule has 1 fully saturated rings. The molecule has 0 bridgehead atoms. The minimum atomic E-state index is -0.531. The number of Topliss-reactive ketones (excluding diaryl/α,β-unsaturated/α-hetero) is 1. The zero-order chi connectivity index (χ0) is 21.2. The van der Waals surface area contributed by atoms with Crippen LogP contribution in [0.2, 0.25) is 0 Å². The number of amides is 1. The van der Waals surface area contributed by atoms with Gasteiger partial charge in [0.15, 0.2) is 5.78 Å². The highest BCUT2D eigenvalue weighted by Gasteiger charge is 2.23. The number of carbonyl (C=O) groups excluding carboxylic acids is 2. The van der Waals surface area contributed by atoms with Gasteiger partial charge in [0.2, 0.25) is 5.91 Å². The maximum Gasteiger partial charge on any atom is 0.220 e. The number of nitrogens with one attached hydrogen (secondary N) is 1. The molecule has 0 radical (unpaired) electrons. The molecular formula is C25H35NO4. The van der Waals surface area contributed by atoms with E-state index in [1.165, 1.54) is 5.57 Å². The fraction of sp³-hybridized carbons (Fsp3) is 0.600. The van der Waals surface area contributed by atoms with Crippen LogP contribution in [0, 0.1) is 0 Å². The number of aliphatic hydroxyl groups is 1. The van der Waals surface area contributed by atoms with Crippen molar-refractivity contribution in [1.82, 2.24) is 5.32 Å². The van der Waals surface area contributed by atoms with Crippen LogP contribution in [-0.4, -0.2) is 35.5 Å². The summed E-state index contributed by atoms with van der Waals surface area (Å²) in [4.78, 5) is 23.9. The van der Waals surface area contributed by atoms with E-state index in [9.17, 15) is 14.7 Å². The number of allylic oxidation sites excluding steroid dienone is 2. The van der Waals surface area contributed by atoms with Crippen molar-refractivity contribution in [1.29, 1.82) is 0 Å². The fourth-order valence-corrected chi connectivity index (χ4v) is 3.96. The number of benzene rings is 1. The number of hydrogen-bond donors (Lipinski definition) is 2. The highest BCUT2D eigenvalue weighted by atomic mass is 16.5. The van der Waals surface area contributed by atoms with Crippen LogP contribution in [0.3, 0.4) is 0 Å². The van der Waals surface area contributed by atoms with Crippen molar-refractivity contribution in [2.75, 3.05) is 6.61 Å². The monoisotopic (exact) mass is 413 g/mol. The molecule has 0 saturated heterocycles. The smallest absolute Gasteiger partial charge is 0.220 e. The van der Waals surface area contributed by atoms with Crippen molar-refractivity contribution in [3.63, 3.8) is 0 Å². The SMILES string of the molecule is O=C(CCCCCCC1=C(CCC(O)COc2ccccc2)CCC1=O)NC1CC1. The van der Waals surface area contributed by atoms with Crippen molar-refractivity contribution in [2.24, 2.45) is 0 Å². The van der Waals surface area contributed by atoms with E-state index in [-0.39, 0.29) is 18.3 Å². The zero-order valence-corrected chi connectivity index (χ0v) is 17.9. The Labute approximate surface area is 179 Å². The molecule has 0 spiro atoms. The predicted molar refractivity (Wildman–Crippen MR) is 117 cm³/mol. The molecule has 5 nitrogen and oxygen atoms in total. The number of ketones is 1. The lowest BCUT2D eigenvalue weighted by molar-refractivity contribution is -0.121. The van der Waals surface area contributed by atoms with Crippen molar-refractivity contribution < 1.29 is 19.4 Å². The Morgan fingerprint density at radius 1 is 1.07 bits per heavy atom. The summed E-state index contributed by atoms with van der Waals surface area (Å²) in [6, 6.07) is 9.95. The molecule has 1 aromatic carbocycles. The first-order valence-electron chi connectivity index (χ1n) is 11.5. The minimum Gasteiger partial charge on any atom is -0.491 e. The normalized spacial score (nSPS) is 17.3. The maximum atomic E-state index is 12.3. The highest BCUT2D eigenvalue weighted by Crippen LogP contribution is 2.31. The first-order chi connectivity index (χ1) is 14.6. The molecule has 3 rings (SSSR count). The van der Waals surface area contributed by atoms with Gasteiger partial charge in [0.1, 0.15) is 12.4 Å². The fourth-order valence-electron chi connectivity index (χ4n) is 3.96. The van der Waals surface area contributed by atoms with E-state index in [1.807, 2.05) is 30.3 Å². The Morgan fingerprint density at radius 2 is 1.83 bits per heavy atom. The van der Waals surface area contributed by atoms with Crippen LogP contribution in [0.5, 0.6) is 5.75 Å². The molecule has 0 heterocycles. The number of rotatable bonds is 14. The molecule has 0 aromatic heterocycles. The molecule has 30 heavy (non-hydrogen) atoms. The Balaban J connectivity index is 1.31. The van der Waals surface area contributed by atoms with Gasteiger partial charge in [-0.3, -0.25) is 9.59 Å². The van der Waals surface area contributed by atoms with Crippen LogP contribution in [-0.2, 0) is 9.59 Å². The quantitative estimate of drug-likeness (QED) is 0.441. The van der Waals surface area contributed by atoms with Gasteiger partial charge < -0.3 is 15.2 Å². The van der Waals surface area contributed by atoms with Crippen LogP contribution in [0.25, 0.3) is 0 Å². The average Bonchev–Trinajstić information content (AvgIpc) is 3.50. The molecule has 2 aliphatic carbocycles. The Kier molecular flexibility index (Phi) is 8.94. The predicted octanol–water partition coefficient (Wildman–Crippen LogP) is 4.49. The van der Waals surface area contributed by atoms with Gasteiger partial charge in [-0.25, -0.2) is 0 Å². The van der Waals surface area contributed by atoms with Gasteiger partial charge in [0, 0.05) is 18.9 Å². The number of unbranched alkanes of at least 4 members (excludes halogenated alkanes) is 3. The van der Waals surface area contributed by atoms with Gasteiger partial charge >= 0.3 is 0 Å². The van der Waals surface area contributed by atoms with Gasteiger partial charge in [-0.1, -0.05) is 36.6 Å². The molecule has 1 amide bonds.